The van der Waals surface area contributed by atoms with Gasteiger partial charge in [0.05, 0.1) is 11.1 Å². The van der Waals surface area contributed by atoms with Crippen LogP contribution in [-0.2, 0) is 6.18 Å². The van der Waals surface area contributed by atoms with Crippen LogP contribution in [0.2, 0.25) is 0 Å². The van der Waals surface area contributed by atoms with Gasteiger partial charge in [-0.05, 0) is 25.1 Å². The Morgan fingerprint density at radius 2 is 1.84 bits per heavy atom. The monoisotopic (exact) mass is 272 g/mol. The van der Waals surface area contributed by atoms with E-state index in [2.05, 4.69) is 0 Å². The lowest BCUT2D eigenvalue weighted by molar-refractivity contribution is -0.140. The van der Waals surface area contributed by atoms with Gasteiger partial charge in [0.2, 0.25) is 0 Å². The predicted molar refractivity (Wildman–Crippen MR) is 58.3 cm³/mol. The van der Waals surface area contributed by atoms with Crippen molar-refractivity contribution in [3.8, 4) is 0 Å². The molecule has 100 valence electrons. The van der Waals surface area contributed by atoms with Gasteiger partial charge in [-0.3, -0.25) is 4.79 Å². The molecule has 2 nitrogen and oxygen atoms in total. The molecule has 0 bridgehead atoms. The summed E-state index contributed by atoms with van der Waals surface area (Å²) >= 11 is 0. The van der Waals surface area contributed by atoms with Gasteiger partial charge in [0.25, 0.3) is 0 Å². The predicted octanol–water partition coefficient (Wildman–Crippen LogP) is 3.98. The number of furan rings is 1. The van der Waals surface area contributed by atoms with Gasteiger partial charge in [-0.1, -0.05) is 6.07 Å². The van der Waals surface area contributed by atoms with Crippen molar-refractivity contribution in [3.63, 3.8) is 0 Å². The van der Waals surface area contributed by atoms with Crippen molar-refractivity contribution in [2.75, 3.05) is 0 Å². The summed E-state index contributed by atoms with van der Waals surface area (Å²) in [7, 11) is 0. The van der Waals surface area contributed by atoms with Crippen LogP contribution in [0.5, 0.6) is 0 Å². The van der Waals surface area contributed by atoms with E-state index in [1.54, 1.807) is 6.92 Å². The Morgan fingerprint density at radius 1 is 1.16 bits per heavy atom. The molecule has 0 amide bonds. The molecule has 0 saturated heterocycles. The van der Waals surface area contributed by atoms with Crippen molar-refractivity contribution in [2.45, 2.75) is 13.1 Å². The third-order valence-corrected chi connectivity index (χ3v) is 2.53. The lowest BCUT2D eigenvalue weighted by Gasteiger charge is -2.08. The summed E-state index contributed by atoms with van der Waals surface area (Å²) in [5.41, 5.74) is -1.39. The van der Waals surface area contributed by atoms with Crippen molar-refractivity contribution in [3.05, 3.63) is 58.8 Å². The first kappa shape index (κ1) is 13.3. The van der Waals surface area contributed by atoms with Crippen LogP contribution in [0.15, 0.2) is 34.9 Å². The standard InChI is InChI=1S/C13H8F4O2/c1-7-4-9(6-19-7)12(18)8-2-3-10(11(14)5-8)13(15,16)17/h2-6H,1H3. The first-order valence-electron chi connectivity index (χ1n) is 5.25. The fourth-order valence-corrected chi connectivity index (χ4v) is 1.62. The molecule has 0 aliphatic rings. The quantitative estimate of drug-likeness (QED) is 0.611. The van der Waals surface area contributed by atoms with E-state index in [4.69, 9.17) is 4.42 Å². The van der Waals surface area contributed by atoms with Gasteiger partial charge in [-0.15, -0.1) is 0 Å². The zero-order valence-electron chi connectivity index (χ0n) is 9.72. The van der Waals surface area contributed by atoms with Crippen molar-refractivity contribution >= 4 is 5.78 Å². The van der Waals surface area contributed by atoms with Crippen LogP contribution in [-0.4, -0.2) is 5.78 Å². The van der Waals surface area contributed by atoms with Crippen molar-refractivity contribution < 1.29 is 26.8 Å². The minimum Gasteiger partial charge on any atom is -0.469 e. The Bertz CT molecular complexity index is 626. The summed E-state index contributed by atoms with van der Waals surface area (Å²) in [6.07, 6.45) is -3.61. The molecule has 0 atom stereocenters. The molecule has 19 heavy (non-hydrogen) atoms. The minimum absolute atomic E-state index is 0.161. The molecule has 2 rings (SSSR count). The number of aryl methyl sites for hydroxylation is 1. The second-order valence-electron chi connectivity index (χ2n) is 3.97. The van der Waals surface area contributed by atoms with Gasteiger partial charge >= 0.3 is 6.18 Å². The van der Waals surface area contributed by atoms with E-state index in [0.717, 1.165) is 6.07 Å². The SMILES string of the molecule is Cc1cc(C(=O)c2ccc(C(F)(F)F)c(F)c2)co1. The second kappa shape index (κ2) is 4.53. The van der Waals surface area contributed by atoms with Crippen molar-refractivity contribution in [1.82, 2.24) is 0 Å². The van der Waals surface area contributed by atoms with E-state index in [9.17, 15) is 22.4 Å². The lowest BCUT2D eigenvalue weighted by atomic mass is 10.0. The van der Waals surface area contributed by atoms with Crippen molar-refractivity contribution in [2.24, 2.45) is 0 Å². The Morgan fingerprint density at radius 3 is 2.32 bits per heavy atom. The number of ketones is 1. The Kier molecular flexibility index (Phi) is 3.18. The van der Waals surface area contributed by atoms with E-state index in [1.807, 2.05) is 0 Å². The maximum absolute atomic E-state index is 13.3. The van der Waals surface area contributed by atoms with Gasteiger partial charge < -0.3 is 4.42 Å². The number of hydrogen-bond donors (Lipinski definition) is 0. The highest BCUT2D eigenvalue weighted by atomic mass is 19.4. The van der Waals surface area contributed by atoms with Gasteiger partial charge in [-0.2, -0.15) is 13.2 Å². The van der Waals surface area contributed by atoms with Crippen LogP contribution in [0.4, 0.5) is 17.6 Å². The minimum atomic E-state index is -4.78. The molecule has 0 fully saturated rings. The number of carbonyl (C=O) groups excluding carboxylic acids is 1. The van der Waals surface area contributed by atoms with Crippen LogP contribution >= 0.6 is 0 Å². The summed E-state index contributed by atoms with van der Waals surface area (Å²) < 4.78 is 55.4. The number of alkyl halides is 3. The van der Waals surface area contributed by atoms with Crippen LogP contribution < -0.4 is 0 Å². The topological polar surface area (TPSA) is 30.2 Å². The van der Waals surface area contributed by atoms with Crippen molar-refractivity contribution in [1.29, 1.82) is 0 Å². The van der Waals surface area contributed by atoms with Gasteiger partial charge in [0.1, 0.15) is 17.8 Å². The molecular formula is C13H8F4O2. The largest absolute Gasteiger partial charge is 0.469 e. The average molecular weight is 272 g/mol. The molecule has 2 aromatic rings. The summed E-state index contributed by atoms with van der Waals surface area (Å²) in [6.45, 7) is 1.62. The van der Waals surface area contributed by atoms with E-state index in [-0.39, 0.29) is 11.1 Å². The fraction of sp³-hybridized carbons (Fsp3) is 0.154. The van der Waals surface area contributed by atoms with E-state index < -0.39 is 23.3 Å². The van der Waals surface area contributed by atoms with Crippen LogP contribution in [0.3, 0.4) is 0 Å². The molecular weight excluding hydrogens is 264 g/mol. The summed E-state index contributed by atoms with van der Waals surface area (Å²) in [6, 6.07) is 3.50. The summed E-state index contributed by atoms with van der Waals surface area (Å²) in [4.78, 5) is 11.9. The molecule has 1 aromatic heterocycles. The lowest BCUT2D eigenvalue weighted by Crippen LogP contribution is -2.09. The maximum atomic E-state index is 13.3. The molecule has 0 radical (unpaired) electrons. The summed E-state index contributed by atoms with van der Waals surface area (Å²) in [5, 5.41) is 0. The molecule has 0 saturated carbocycles. The normalized spacial score (nSPS) is 11.6. The molecule has 1 heterocycles. The Balaban J connectivity index is 2.38. The molecule has 0 aliphatic carbocycles. The van der Waals surface area contributed by atoms with Gasteiger partial charge in [0, 0.05) is 5.56 Å². The van der Waals surface area contributed by atoms with Gasteiger partial charge in [0.15, 0.2) is 5.78 Å². The third kappa shape index (κ3) is 2.67. The molecule has 0 aliphatic heterocycles. The van der Waals surface area contributed by atoms with E-state index in [1.165, 1.54) is 12.3 Å². The smallest absolute Gasteiger partial charge is 0.419 e. The number of hydrogen-bond acceptors (Lipinski definition) is 2. The Hall–Kier alpha value is -2.11. The number of carbonyl (C=O) groups is 1. The molecule has 6 heteroatoms. The van der Waals surface area contributed by atoms with Crippen LogP contribution in [0.25, 0.3) is 0 Å². The number of rotatable bonds is 2. The molecule has 0 spiro atoms. The van der Waals surface area contributed by atoms with Crippen LogP contribution in [0.1, 0.15) is 27.2 Å². The fourth-order valence-electron chi connectivity index (χ4n) is 1.62. The van der Waals surface area contributed by atoms with Crippen LogP contribution in [0, 0.1) is 12.7 Å². The Labute approximate surface area is 105 Å². The van der Waals surface area contributed by atoms with E-state index in [0.29, 0.717) is 17.9 Å². The third-order valence-electron chi connectivity index (χ3n) is 2.53. The molecule has 0 N–H and O–H groups in total. The number of benzene rings is 1. The summed E-state index contributed by atoms with van der Waals surface area (Å²) in [5.74, 6) is -1.58. The first-order chi connectivity index (χ1) is 8.79. The first-order valence-corrected chi connectivity index (χ1v) is 5.25. The maximum Gasteiger partial charge on any atom is 0.419 e. The van der Waals surface area contributed by atoms with Gasteiger partial charge in [-0.25, -0.2) is 4.39 Å². The highest BCUT2D eigenvalue weighted by molar-refractivity contribution is 6.08. The zero-order chi connectivity index (χ0) is 14.2. The molecule has 0 unspecified atom stereocenters. The highest BCUT2D eigenvalue weighted by Crippen LogP contribution is 2.31. The molecule has 1 aromatic carbocycles. The van der Waals surface area contributed by atoms with E-state index >= 15 is 0 Å². The number of halogens is 4. The second-order valence-corrected chi connectivity index (χ2v) is 3.97. The highest BCUT2D eigenvalue weighted by Gasteiger charge is 2.34. The zero-order valence-corrected chi connectivity index (χ0v) is 9.72. The average Bonchev–Trinajstić information content (AvgIpc) is 2.73.